The van der Waals surface area contributed by atoms with Gasteiger partial charge in [0.05, 0.1) is 16.8 Å². The van der Waals surface area contributed by atoms with Crippen LogP contribution in [0.15, 0.2) is 33.2 Å². The zero-order valence-corrected chi connectivity index (χ0v) is 12.0. The summed E-state index contributed by atoms with van der Waals surface area (Å²) in [5.74, 6) is -1.24. The molecule has 20 heavy (non-hydrogen) atoms. The number of carbonyl (C=O) groups is 1. The molecule has 2 aromatic heterocycles. The van der Waals surface area contributed by atoms with Crippen LogP contribution in [0.3, 0.4) is 0 Å². The molecule has 3 aromatic rings. The van der Waals surface area contributed by atoms with Gasteiger partial charge in [-0.05, 0) is 31.2 Å². The van der Waals surface area contributed by atoms with Crippen molar-refractivity contribution < 1.29 is 14.3 Å². The van der Waals surface area contributed by atoms with Gasteiger partial charge in [0.15, 0.2) is 0 Å². The van der Waals surface area contributed by atoms with Crippen molar-refractivity contribution in [3.63, 3.8) is 0 Å². The maximum Gasteiger partial charge on any atom is 0.342 e. The largest absolute Gasteiger partial charge is 0.477 e. The minimum absolute atomic E-state index is 0.0409. The minimum atomic E-state index is -1.13. The molecule has 7 heteroatoms. The lowest BCUT2D eigenvalue weighted by atomic mass is 10.2. The maximum atomic E-state index is 11.3. The minimum Gasteiger partial charge on any atom is -0.477 e. The highest BCUT2D eigenvalue weighted by atomic mass is 79.9. The van der Waals surface area contributed by atoms with E-state index in [9.17, 15) is 9.90 Å². The number of rotatable bonds is 2. The van der Waals surface area contributed by atoms with E-state index in [-0.39, 0.29) is 11.4 Å². The summed E-state index contributed by atoms with van der Waals surface area (Å²) in [6.45, 7) is 1.72. The van der Waals surface area contributed by atoms with Crippen LogP contribution < -0.4 is 5.73 Å². The van der Waals surface area contributed by atoms with Crippen molar-refractivity contribution in [2.75, 3.05) is 5.73 Å². The summed E-state index contributed by atoms with van der Waals surface area (Å²) in [7, 11) is 0. The van der Waals surface area contributed by atoms with Gasteiger partial charge in [-0.3, -0.25) is 0 Å². The number of carboxylic acids is 1. The van der Waals surface area contributed by atoms with Gasteiger partial charge in [-0.25, -0.2) is 4.79 Å². The summed E-state index contributed by atoms with van der Waals surface area (Å²) < 4.78 is 7.86. The van der Waals surface area contributed by atoms with Gasteiger partial charge in [0.1, 0.15) is 5.56 Å². The van der Waals surface area contributed by atoms with Crippen molar-refractivity contribution in [1.29, 1.82) is 0 Å². The standard InChI is InChI=1S/C13H10BrN3O3/c1-6-9-10(13(18)19)11(15)20-12(9)17(16-6)8-4-2-7(14)3-5-8/h2-5H,15H2,1H3,(H,18,19). The van der Waals surface area contributed by atoms with E-state index >= 15 is 0 Å². The molecule has 0 amide bonds. The molecule has 0 fully saturated rings. The molecule has 0 radical (unpaired) electrons. The number of fused-ring (bicyclic) bond motifs is 1. The first-order valence-electron chi connectivity index (χ1n) is 5.76. The first-order chi connectivity index (χ1) is 9.49. The van der Waals surface area contributed by atoms with Crippen LogP contribution in [0.1, 0.15) is 16.1 Å². The lowest BCUT2D eigenvalue weighted by Gasteiger charge is -2.01. The number of nitrogens with zero attached hydrogens (tertiary/aromatic N) is 2. The fourth-order valence-electron chi connectivity index (χ4n) is 2.14. The molecule has 0 saturated heterocycles. The predicted octanol–water partition coefficient (Wildman–Crippen LogP) is 2.97. The Labute approximate surface area is 121 Å². The molecule has 0 aliphatic carbocycles. The molecular weight excluding hydrogens is 326 g/mol. The van der Waals surface area contributed by atoms with Gasteiger partial charge in [-0.1, -0.05) is 15.9 Å². The van der Waals surface area contributed by atoms with Crippen molar-refractivity contribution >= 4 is 38.9 Å². The van der Waals surface area contributed by atoms with Crippen LogP contribution in [0.4, 0.5) is 5.88 Å². The number of hydrogen-bond donors (Lipinski definition) is 2. The topological polar surface area (TPSA) is 94.3 Å². The number of furan rings is 1. The SMILES string of the molecule is Cc1nn(-c2ccc(Br)cc2)c2oc(N)c(C(=O)O)c12. The molecule has 0 aliphatic rings. The number of aryl methyl sites for hydroxylation is 1. The highest BCUT2D eigenvalue weighted by Crippen LogP contribution is 2.32. The molecule has 2 heterocycles. The Morgan fingerprint density at radius 2 is 2.05 bits per heavy atom. The number of aromatic carboxylic acids is 1. The molecular formula is C13H10BrN3O3. The lowest BCUT2D eigenvalue weighted by molar-refractivity contribution is 0.0699. The maximum absolute atomic E-state index is 11.3. The van der Waals surface area contributed by atoms with E-state index in [1.54, 1.807) is 11.6 Å². The van der Waals surface area contributed by atoms with Crippen LogP contribution in [-0.4, -0.2) is 20.9 Å². The summed E-state index contributed by atoms with van der Waals surface area (Å²) in [4.78, 5) is 11.3. The Bertz CT molecular complexity index is 818. The van der Waals surface area contributed by atoms with Crippen molar-refractivity contribution in [3.8, 4) is 5.69 Å². The summed E-state index contributed by atoms with van der Waals surface area (Å²) in [6, 6.07) is 7.41. The van der Waals surface area contributed by atoms with Crippen molar-refractivity contribution in [3.05, 3.63) is 40.0 Å². The van der Waals surface area contributed by atoms with E-state index in [0.29, 0.717) is 16.8 Å². The Balaban J connectivity index is 2.31. The van der Waals surface area contributed by atoms with E-state index < -0.39 is 5.97 Å². The average molecular weight is 336 g/mol. The molecule has 3 rings (SSSR count). The van der Waals surface area contributed by atoms with Gasteiger partial charge in [-0.2, -0.15) is 9.78 Å². The fourth-order valence-corrected chi connectivity index (χ4v) is 2.40. The van der Waals surface area contributed by atoms with Gasteiger partial charge in [-0.15, -0.1) is 0 Å². The molecule has 3 N–H and O–H groups in total. The number of nitrogens with two attached hydrogens (primary N) is 1. The number of hydrogen-bond acceptors (Lipinski definition) is 4. The summed E-state index contributed by atoms with van der Waals surface area (Å²) in [5, 5.41) is 14.0. The summed E-state index contributed by atoms with van der Waals surface area (Å²) in [5.41, 5.74) is 7.25. The van der Waals surface area contributed by atoms with Crippen molar-refractivity contribution in [2.24, 2.45) is 0 Å². The second kappa shape index (κ2) is 4.38. The van der Waals surface area contributed by atoms with Crippen LogP contribution >= 0.6 is 15.9 Å². The zero-order chi connectivity index (χ0) is 14.4. The van der Waals surface area contributed by atoms with Crippen molar-refractivity contribution in [1.82, 2.24) is 9.78 Å². The van der Waals surface area contributed by atoms with E-state index in [1.807, 2.05) is 24.3 Å². The van der Waals surface area contributed by atoms with E-state index in [0.717, 1.165) is 10.2 Å². The van der Waals surface area contributed by atoms with Crippen LogP contribution in [0, 0.1) is 6.92 Å². The smallest absolute Gasteiger partial charge is 0.342 e. The van der Waals surface area contributed by atoms with Crippen LogP contribution in [-0.2, 0) is 0 Å². The van der Waals surface area contributed by atoms with Crippen LogP contribution in [0.2, 0.25) is 0 Å². The summed E-state index contributed by atoms with van der Waals surface area (Å²) >= 11 is 3.36. The Morgan fingerprint density at radius 3 is 2.65 bits per heavy atom. The third-order valence-electron chi connectivity index (χ3n) is 3.01. The number of benzene rings is 1. The third kappa shape index (κ3) is 1.78. The van der Waals surface area contributed by atoms with Gasteiger partial charge in [0.2, 0.25) is 11.6 Å². The molecule has 1 aromatic carbocycles. The zero-order valence-electron chi connectivity index (χ0n) is 10.4. The van der Waals surface area contributed by atoms with Gasteiger partial charge in [0, 0.05) is 4.47 Å². The second-order valence-corrected chi connectivity index (χ2v) is 5.22. The van der Waals surface area contributed by atoms with Crippen LogP contribution in [0.5, 0.6) is 0 Å². The normalized spacial score (nSPS) is 11.1. The van der Waals surface area contributed by atoms with E-state index in [4.69, 9.17) is 10.2 Å². The molecule has 6 nitrogen and oxygen atoms in total. The number of anilines is 1. The number of halogens is 1. The Kier molecular flexibility index (Phi) is 2.79. The van der Waals surface area contributed by atoms with Gasteiger partial charge >= 0.3 is 5.97 Å². The average Bonchev–Trinajstić information content (AvgIpc) is 2.88. The molecule has 0 atom stereocenters. The molecule has 0 saturated carbocycles. The lowest BCUT2D eigenvalue weighted by Crippen LogP contribution is -1.99. The predicted molar refractivity (Wildman–Crippen MR) is 77.1 cm³/mol. The van der Waals surface area contributed by atoms with Crippen LogP contribution in [0.25, 0.3) is 16.8 Å². The molecule has 0 aliphatic heterocycles. The van der Waals surface area contributed by atoms with E-state index in [1.165, 1.54) is 0 Å². The molecule has 0 unspecified atom stereocenters. The molecule has 0 bridgehead atoms. The van der Waals surface area contributed by atoms with Gasteiger partial charge < -0.3 is 15.3 Å². The Morgan fingerprint density at radius 1 is 1.40 bits per heavy atom. The Hall–Kier alpha value is -2.28. The first-order valence-corrected chi connectivity index (χ1v) is 6.55. The van der Waals surface area contributed by atoms with Crippen molar-refractivity contribution in [2.45, 2.75) is 6.92 Å². The number of carboxylic acid groups (broad SMARTS) is 1. The second-order valence-electron chi connectivity index (χ2n) is 4.30. The number of aromatic nitrogens is 2. The van der Waals surface area contributed by atoms with E-state index in [2.05, 4.69) is 21.0 Å². The summed E-state index contributed by atoms with van der Waals surface area (Å²) in [6.07, 6.45) is 0. The molecule has 0 spiro atoms. The quantitative estimate of drug-likeness (QED) is 0.750. The first kappa shape index (κ1) is 12.7. The fraction of sp³-hybridized carbons (Fsp3) is 0.0769. The number of nitrogen functional groups attached to an aromatic ring is 1. The highest BCUT2D eigenvalue weighted by molar-refractivity contribution is 9.10. The molecule has 102 valence electrons. The monoisotopic (exact) mass is 335 g/mol. The highest BCUT2D eigenvalue weighted by Gasteiger charge is 2.25. The van der Waals surface area contributed by atoms with Gasteiger partial charge in [0.25, 0.3) is 0 Å². The third-order valence-corrected chi connectivity index (χ3v) is 3.53.